The van der Waals surface area contributed by atoms with Crippen LogP contribution in [0.3, 0.4) is 0 Å². The maximum Gasteiger partial charge on any atom is 0.335 e. The SMILES string of the molecule is Cc1ccc(C(=O)O)cc1-c1ccc(NC(=O)[C@H]2CCCN2C(=O)Nc2ccc(C(C)C)cc2)cc1. The molecule has 1 heterocycles. The number of carbonyl (C=O) groups excluding carboxylic acids is 2. The molecule has 3 aromatic carbocycles. The van der Waals surface area contributed by atoms with Gasteiger partial charge >= 0.3 is 12.0 Å². The second kappa shape index (κ2) is 10.6. The highest BCUT2D eigenvalue weighted by atomic mass is 16.4. The lowest BCUT2D eigenvalue weighted by atomic mass is 9.98. The third-order valence-electron chi connectivity index (χ3n) is 6.59. The van der Waals surface area contributed by atoms with Gasteiger partial charge in [0, 0.05) is 17.9 Å². The average Bonchev–Trinajstić information content (AvgIpc) is 3.36. The molecule has 3 aromatic rings. The Morgan fingerprint density at radius 2 is 1.56 bits per heavy atom. The summed E-state index contributed by atoms with van der Waals surface area (Å²) in [5.74, 6) is -0.790. The number of nitrogens with zero attached hydrogens (tertiary/aromatic N) is 1. The van der Waals surface area contributed by atoms with Crippen LogP contribution in [0.1, 0.15) is 54.1 Å². The zero-order valence-electron chi connectivity index (χ0n) is 20.7. The minimum atomic E-state index is -0.974. The predicted octanol–water partition coefficient (Wildman–Crippen LogP) is 6.12. The predicted molar refractivity (Wildman–Crippen MR) is 141 cm³/mol. The molecule has 0 saturated carbocycles. The van der Waals surface area contributed by atoms with Crippen LogP contribution in [0, 0.1) is 6.92 Å². The fraction of sp³-hybridized carbons (Fsp3) is 0.276. The van der Waals surface area contributed by atoms with Gasteiger partial charge in [0.25, 0.3) is 0 Å². The Morgan fingerprint density at radius 3 is 2.19 bits per heavy atom. The highest BCUT2D eigenvalue weighted by Gasteiger charge is 2.34. The number of likely N-dealkylation sites (tertiary alicyclic amines) is 1. The van der Waals surface area contributed by atoms with Crippen molar-refractivity contribution in [2.75, 3.05) is 17.2 Å². The summed E-state index contributed by atoms with van der Waals surface area (Å²) in [5, 5.41) is 15.1. The van der Waals surface area contributed by atoms with Crippen molar-refractivity contribution in [1.82, 2.24) is 4.90 Å². The maximum absolute atomic E-state index is 13.0. The summed E-state index contributed by atoms with van der Waals surface area (Å²) >= 11 is 0. The molecule has 7 nitrogen and oxygen atoms in total. The fourth-order valence-electron chi connectivity index (χ4n) is 4.45. The van der Waals surface area contributed by atoms with E-state index >= 15 is 0 Å². The highest BCUT2D eigenvalue weighted by molar-refractivity contribution is 5.99. The van der Waals surface area contributed by atoms with Gasteiger partial charge in [-0.15, -0.1) is 0 Å². The van der Waals surface area contributed by atoms with E-state index in [9.17, 15) is 19.5 Å². The molecule has 1 aliphatic rings. The van der Waals surface area contributed by atoms with E-state index in [4.69, 9.17) is 0 Å². The van der Waals surface area contributed by atoms with Crippen molar-refractivity contribution in [2.24, 2.45) is 0 Å². The Balaban J connectivity index is 1.41. The molecule has 186 valence electrons. The molecular weight excluding hydrogens is 454 g/mol. The number of aromatic carboxylic acids is 1. The highest BCUT2D eigenvalue weighted by Crippen LogP contribution is 2.27. The minimum Gasteiger partial charge on any atom is -0.478 e. The minimum absolute atomic E-state index is 0.225. The van der Waals surface area contributed by atoms with Crippen molar-refractivity contribution < 1.29 is 19.5 Å². The van der Waals surface area contributed by atoms with Crippen molar-refractivity contribution in [3.05, 3.63) is 83.4 Å². The molecule has 1 atom stereocenters. The van der Waals surface area contributed by atoms with Gasteiger partial charge in [0.2, 0.25) is 5.91 Å². The number of carboxylic acids is 1. The second-order valence-electron chi connectivity index (χ2n) is 9.46. The first-order chi connectivity index (χ1) is 17.2. The van der Waals surface area contributed by atoms with Gasteiger partial charge in [0.1, 0.15) is 6.04 Å². The van der Waals surface area contributed by atoms with E-state index in [0.717, 1.165) is 23.1 Å². The van der Waals surface area contributed by atoms with E-state index in [-0.39, 0.29) is 17.5 Å². The number of aryl methyl sites for hydroxylation is 1. The summed E-state index contributed by atoms with van der Waals surface area (Å²) in [5.41, 5.74) is 5.39. The molecule has 1 fully saturated rings. The van der Waals surface area contributed by atoms with E-state index in [1.54, 1.807) is 35.2 Å². The van der Waals surface area contributed by atoms with Crippen LogP contribution in [0.15, 0.2) is 66.7 Å². The molecule has 4 rings (SSSR count). The smallest absolute Gasteiger partial charge is 0.335 e. The topological polar surface area (TPSA) is 98.7 Å². The molecule has 0 aromatic heterocycles. The van der Waals surface area contributed by atoms with Crippen molar-refractivity contribution >= 4 is 29.3 Å². The van der Waals surface area contributed by atoms with E-state index in [1.807, 2.05) is 43.3 Å². The second-order valence-corrected chi connectivity index (χ2v) is 9.46. The monoisotopic (exact) mass is 485 g/mol. The Morgan fingerprint density at radius 1 is 0.917 bits per heavy atom. The lowest BCUT2D eigenvalue weighted by Crippen LogP contribution is -2.45. The van der Waals surface area contributed by atoms with Crippen molar-refractivity contribution in [2.45, 2.75) is 45.6 Å². The number of benzene rings is 3. The summed E-state index contributed by atoms with van der Waals surface area (Å²) in [7, 11) is 0. The maximum atomic E-state index is 13.0. The zero-order chi connectivity index (χ0) is 25.8. The summed E-state index contributed by atoms with van der Waals surface area (Å²) < 4.78 is 0. The van der Waals surface area contributed by atoms with E-state index in [0.29, 0.717) is 30.3 Å². The molecule has 0 spiro atoms. The van der Waals surface area contributed by atoms with E-state index in [1.165, 1.54) is 5.56 Å². The third kappa shape index (κ3) is 5.57. The number of hydrogen-bond donors (Lipinski definition) is 3. The molecule has 0 radical (unpaired) electrons. The normalized spacial score (nSPS) is 15.1. The first kappa shape index (κ1) is 25.0. The Bertz CT molecular complexity index is 1270. The molecule has 36 heavy (non-hydrogen) atoms. The lowest BCUT2D eigenvalue weighted by Gasteiger charge is -2.24. The number of urea groups is 1. The lowest BCUT2D eigenvalue weighted by molar-refractivity contribution is -0.119. The van der Waals surface area contributed by atoms with Gasteiger partial charge in [-0.1, -0.05) is 44.2 Å². The molecule has 0 bridgehead atoms. The Hall–Kier alpha value is -4.13. The van der Waals surface area contributed by atoms with Crippen LogP contribution < -0.4 is 10.6 Å². The van der Waals surface area contributed by atoms with Gasteiger partial charge in [-0.3, -0.25) is 4.79 Å². The van der Waals surface area contributed by atoms with Gasteiger partial charge in [-0.25, -0.2) is 9.59 Å². The van der Waals surface area contributed by atoms with Crippen LogP contribution in [0.25, 0.3) is 11.1 Å². The average molecular weight is 486 g/mol. The van der Waals surface area contributed by atoms with Crippen molar-refractivity contribution in [3.8, 4) is 11.1 Å². The molecule has 3 amide bonds. The number of carboxylic acid groups (broad SMARTS) is 1. The largest absolute Gasteiger partial charge is 0.478 e. The molecule has 3 N–H and O–H groups in total. The van der Waals surface area contributed by atoms with Gasteiger partial charge in [-0.2, -0.15) is 0 Å². The molecule has 1 saturated heterocycles. The van der Waals surface area contributed by atoms with Crippen LogP contribution in [0.5, 0.6) is 0 Å². The molecular formula is C29H31N3O4. The van der Waals surface area contributed by atoms with Crippen LogP contribution in [-0.4, -0.2) is 40.5 Å². The first-order valence-corrected chi connectivity index (χ1v) is 12.2. The van der Waals surface area contributed by atoms with Gasteiger partial charge < -0.3 is 20.6 Å². The quantitative estimate of drug-likeness (QED) is 0.392. The van der Waals surface area contributed by atoms with Gasteiger partial charge in [0.05, 0.1) is 5.56 Å². The summed E-state index contributed by atoms with van der Waals surface area (Å²) in [6.45, 7) is 6.68. The zero-order valence-corrected chi connectivity index (χ0v) is 20.7. The third-order valence-corrected chi connectivity index (χ3v) is 6.59. The van der Waals surface area contributed by atoms with Crippen LogP contribution in [0.2, 0.25) is 0 Å². The molecule has 7 heteroatoms. The van der Waals surface area contributed by atoms with Crippen LogP contribution in [0.4, 0.5) is 16.2 Å². The Kier molecular flexibility index (Phi) is 7.38. The number of amides is 3. The standard InChI is InChI=1S/C29H31N3O4/c1-18(2)20-8-12-24(13-9-20)31-29(36)32-16-4-5-26(32)27(33)30-23-14-10-21(11-15-23)25-17-22(28(34)35)7-6-19(25)3/h6-15,17-18,26H,4-5,16H2,1-3H3,(H,30,33)(H,31,36)(H,34,35)/t26-/m1/s1. The van der Waals surface area contributed by atoms with Crippen LogP contribution in [-0.2, 0) is 4.79 Å². The van der Waals surface area contributed by atoms with E-state index < -0.39 is 12.0 Å². The number of nitrogens with one attached hydrogen (secondary N) is 2. The van der Waals surface area contributed by atoms with Crippen molar-refractivity contribution in [1.29, 1.82) is 0 Å². The van der Waals surface area contributed by atoms with Gasteiger partial charge in [0.15, 0.2) is 0 Å². The number of anilines is 2. The van der Waals surface area contributed by atoms with Gasteiger partial charge in [-0.05, 0) is 84.3 Å². The number of carbonyl (C=O) groups is 3. The van der Waals surface area contributed by atoms with Crippen LogP contribution >= 0.6 is 0 Å². The van der Waals surface area contributed by atoms with Crippen molar-refractivity contribution in [3.63, 3.8) is 0 Å². The number of hydrogen-bond acceptors (Lipinski definition) is 3. The molecule has 0 aliphatic carbocycles. The number of rotatable bonds is 6. The Labute approximate surface area is 211 Å². The summed E-state index contributed by atoms with van der Waals surface area (Å²) in [4.78, 5) is 38.9. The molecule has 0 unspecified atom stereocenters. The summed E-state index contributed by atoms with van der Waals surface area (Å²) in [6.07, 6.45) is 1.36. The van der Waals surface area contributed by atoms with E-state index in [2.05, 4.69) is 24.5 Å². The molecule has 1 aliphatic heterocycles. The summed E-state index contributed by atoms with van der Waals surface area (Å²) in [6, 6.07) is 19.2. The first-order valence-electron chi connectivity index (χ1n) is 12.2. The fourth-order valence-corrected chi connectivity index (χ4v) is 4.45.